The summed E-state index contributed by atoms with van der Waals surface area (Å²) < 4.78 is 16.5. The molecule has 0 aliphatic rings. The molecule has 1 heterocycles. The van der Waals surface area contributed by atoms with Crippen LogP contribution >= 0.6 is 11.6 Å². The van der Waals surface area contributed by atoms with E-state index in [2.05, 4.69) is 21.6 Å². The van der Waals surface area contributed by atoms with Crippen LogP contribution in [0.15, 0.2) is 53.6 Å². The lowest BCUT2D eigenvalue weighted by Crippen LogP contribution is -2.03. The molecule has 7 nitrogen and oxygen atoms in total. The predicted octanol–water partition coefficient (Wildman–Crippen LogP) is 5.10. The van der Waals surface area contributed by atoms with Crippen LogP contribution in [0.25, 0.3) is 0 Å². The molecule has 0 spiro atoms. The molecule has 0 radical (unpaired) electrons. The van der Waals surface area contributed by atoms with Gasteiger partial charge in [0.05, 0.1) is 19.9 Å². The minimum Gasteiger partial charge on any atom is -0.493 e. The van der Waals surface area contributed by atoms with Crippen LogP contribution in [0.3, 0.4) is 0 Å². The van der Waals surface area contributed by atoms with E-state index in [1.54, 1.807) is 20.4 Å². The summed E-state index contributed by atoms with van der Waals surface area (Å²) in [4.78, 5) is 4.37. The van der Waals surface area contributed by atoms with Crippen molar-refractivity contribution in [3.8, 4) is 17.6 Å². The molecule has 0 unspecified atom stereocenters. The lowest BCUT2D eigenvalue weighted by molar-refractivity contribution is 0.184. The highest BCUT2D eigenvalue weighted by molar-refractivity contribution is 6.30. The number of nitrogens with zero attached hydrogens (tertiary/aromatic N) is 3. The number of nitrogens with one attached hydrogen (secondary N) is 1. The summed E-state index contributed by atoms with van der Waals surface area (Å²) in [7, 11) is 3.16. The summed E-state index contributed by atoms with van der Waals surface area (Å²) >= 11 is 5.92. The quantitative estimate of drug-likeness (QED) is 0.360. The number of hydrogen-bond donors (Lipinski definition) is 1. The molecular weight excluding hydrogens is 428 g/mol. The fraction of sp³-hybridized carbons (Fsp3) is 0.208. The highest BCUT2D eigenvalue weighted by Gasteiger charge is 2.11. The number of anilines is 1. The highest BCUT2D eigenvalue weighted by Crippen LogP contribution is 2.28. The van der Waals surface area contributed by atoms with E-state index < -0.39 is 0 Å². The van der Waals surface area contributed by atoms with E-state index in [1.165, 1.54) is 0 Å². The van der Waals surface area contributed by atoms with Gasteiger partial charge in [0.25, 0.3) is 0 Å². The van der Waals surface area contributed by atoms with Crippen LogP contribution in [0.4, 0.5) is 5.82 Å². The van der Waals surface area contributed by atoms with Crippen molar-refractivity contribution in [1.29, 1.82) is 5.26 Å². The zero-order valence-electron chi connectivity index (χ0n) is 18.1. The van der Waals surface area contributed by atoms with Crippen molar-refractivity contribution in [1.82, 2.24) is 4.98 Å². The normalized spacial score (nSPS) is 10.7. The van der Waals surface area contributed by atoms with Crippen molar-refractivity contribution in [3.63, 3.8) is 0 Å². The van der Waals surface area contributed by atoms with Crippen LogP contribution < -0.4 is 14.9 Å². The Bertz CT molecular complexity index is 1140. The van der Waals surface area contributed by atoms with Gasteiger partial charge in [-0.05, 0) is 54.4 Å². The number of methoxy groups -OCH3 is 2. The van der Waals surface area contributed by atoms with Gasteiger partial charge < -0.3 is 14.2 Å². The SMILES string of the molecule is COCc1cc(C)nc(N/N=C/c2ccc(OCc3ccc(Cl)cc3)c(OC)c2)c1C#N. The lowest BCUT2D eigenvalue weighted by atomic mass is 10.1. The lowest BCUT2D eigenvalue weighted by Gasteiger charge is -2.11. The molecule has 0 atom stereocenters. The van der Waals surface area contributed by atoms with Gasteiger partial charge in [-0.15, -0.1) is 0 Å². The third-order valence-corrected chi connectivity index (χ3v) is 4.77. The smallest absolute Gasteiger partial charge is 0.164 e. The number of ether oxygens (including phenoxy) is 3. The highest BCUT2D eigenvalue weighted by atomic mass is 35.5. The average Bonchev–Trinajstić information content (AvgIpc) is 2.79. The first kappa shape index (κ1) is 23.1. The number of nitriles is 1. The first-order valence-corrected chi connectivity index (χ1v) is 10.2. The van der Waals surface area contributed by atoms with Gasteiger partial charge in [-0.3, -0.25) is 5.43 Å². The Kier molecular flexibility index (Phi) is 8.03. The van der Waals surface area contributed by atoms with Crippen molar-refractivity contribution in [2.24, 2.45) is 5.10 Å². The van der Waals surface area contributed by atoms with Crippen molar-refractivity contribution in [2.45, 2.75) is 20.1 Å². The number of aromatic nitrogens is 1. The van der Waals surface area contributed by atoms with E-state index in [0.717, 1.165) is 22.4 Å². The molecule has 2 aromatic carbocycles. The minimum atomic E-state index is 0.319. The third kappa shape index (κ3) is 5.97. The second-order valence-corrected chi connectivity index (χ2v) is 7.32. The summed E-state index contributed by atoms with van der Waals surface area (Å²) in [6.07, 6.45) is 1.62. The zero-order valence-corrected chi connectivity index (χ0v) is 18.8. The molecule has 3 aromatic rings. The summed E-state index contributed by atoms with van der Waals surface area (Å²) in [6.45, 7) is 2.56. The van der Waals surface area contributed by atoms with Crippen LogP contribution in [-0.2, 0) is 18.0 Å². The molecule has 1 N–H and O–H groups in total. The monoisotopic (exact) mass is 450 g/mol. The van der Waals surface area contributed by atoms with Gasteiger partial charge >= 0.3 is 0 Å². The molecule has 8 heteroatoms. The average molecular weight is 451 g/mol. The number of benzene rings is 2. The molecule has 0 aliphatic carbocycles. The molecule has 1 aromatic heterocycles. The summed E-state index contributed by atoms with van der Waals surface area (Å²) in [5.41, 5.74) is 6.56. The van der Waals surface area contributed by atoms with Crippen LogP contribution in [-0.4, -0.2) is 25.4 Å². The summed E-state index contributed by atoms with van der Waals surface area (Å²) in [5.74, 6) is 1.58. The van der Waals surface area contributed by atoms with Crippen molar-refractivity contribution < 1.29 is 14.2 Å². The Morgan fingerprint density at radius 3 is 2.56 bits per heavy atom. The number of aryl methyl sites for hydroxylation is 1. The number of hydrazone groups is 1. The molecule has 164 valence electrons. The third-order valence-electron chi connectivity index (χ3n) is 4.52. The molecule has 0 aliphatic heterocycles. The largest absolute Gasteiger partial charge is 0.493 e. The van der Waals surface area contributed by atoms with Crippen LogP contribution in [0.1, 0.15) is 27.9 Å². The molecule has 0 saturated carbocycles. The van der Waals surface area contributed by atoms with E-state index in [9.17, 15) is 5.26 Å². The number of halogens is 1. The summed E-state index contributed by atoms with van der Waals surface area (Å²) in [5, 5.41) is 14.4. The Hall–Kier alpha value is -3.60. The first-order chi connectivity index (χ1) is 15.5. The summed E-state index contributed by atoms with van der Waals surface area (Å²) in [6, 6.07) is 16.9. The molecular formula is C24H23ClN4O3. The fourth-order valence-corrected chi connectivity index (χ4v) is 3.14. The van der Waals surface area contributed by atoms with Gasteiger partial charge in [-0.25, -0.2) is 4.98 Å². The fourth-order valence-electron chi connectivity index (χ4n) is 3.01. The Labute approximate surface area is 192 Å². The number of hydrogen-bond acceptors (Lipinski definition) is 7. The molecule has 0 fully saturated rings. The number of rotatable bonds is 9. The van der Waals surface area contributed by atoms with Gasteiger partial charge in [0.15, 0.2) is 17.3 Å². The minimum absolute atomic E-state index is 0.319. The van der Waals surface area contributed by atoms with Gasteiger partial charge in [-0.1, -0.05) is 23.7 Å². The van der Waals surface area contributed by atoms with Crippen molar-refractivity contribution >= 4 is 23.6 Å². The van der Waals surface area contributed by atoms with Gasteiger partial charge in [0.1, 0.15) is 18.2 Å². The van der Waals surface area contributed by atoms with Crippen LogP contribution in [0.5, 0.6) is 11.5 Å². The second-order valence-electron chi connectivity index (χ2n) is 6.89. The maximum Gasteiger partial charge on any atom is 0.164 e. The maximum absolute atomic E-state index is 9.50. The Morgan fingerprint density at radius 2 is 1.88 bits per heavy atom. The van der Waals surface area contributed by atoms with E-state index in [-0.39, 0.29) is 0 Å². The van der Waals surface area contributed by atoms with Crippen molar-refractivity contribution in [3.05, 3.63) is 81.5 Å². The van der Waals surface area contributed by atoms with Gasteiger partial charge in [0, 0.05) is 23.4 Å². The molecule has 0 bridgehead atoms. The maximum atomic E-state index is 9.50. The Morgan fingerprint density at radius 1 is 1.09 bits per heavy atom. The predicted molar refractivity (Wildman–Crippen MR) is 124 cm³/mol. The van der Waals surface area contributed by atoms with E-state index in [0.29, 0.717) is 41.1 Å². The van der Waals surface area contributed by atoms with Gasteiger partial charge in [-0.2, -0.15) is 10.4 Å². The standard InChI is InChI=1S/C24H23ClN4O3/c1-16-10-19(15-30-2)21(12-26)24(28-16)29-27-13-18-6-9-22(23(11-18)31-3)32-14-17-4-7-20(25)8-5-17/h4-11,13H,14-15H2,1-3H3,(H,28,29)/b27-13+. The van der Waals surface area contributed by atoms with E-state index in [4.69, 9.17) is 25.8 Å². The van der Waals surface area contributed by atoms with Crippen LogP contribution in [0, 0.1) is 18.3 Å². The Balaban J connectivity index is 1.71. The zero-order chi connectivity index (χ0) is 22.9. The topological polar surface area (TPSA) is 88.8 Å². The first-order valence-electron chi connectivity index (χ1n) is 9.78. The molecule has 32 heavy (non-hydrogen) atoms. The number of pyridine rings is 1. The van der Waals surface area contributed by atoms with E-state index >= 15 is 0 Å². The second kappa shape index (κ2) is 11.1. The van der Waals surface area contributed by atoms with Gasteiger partial charge in [0.2, 0.25) is 0 Å². The van der Waals surface area contributed by atoms with Crippen LogP contribution in [0.2, 0.25) is 5.02 Å². The van der Waals surface area contributed by atoms with Crippen molar-refractivity contribution in [2.75, 3.05) is 19.6 Å². The molecule has 0 saturated heterocycles. The van der Waals surface area contributed by atoms with E-state index in [1.807, 2.05) is 55.5 Å². The molecule has 0 amide bonds. The molecule has 3 rings (SSSR count).